The number of fused-ring (bicyclic) bond motifs is 4. The van der Waals surface area contributed by atoms with Crippen LogP contribution in [0.2, 0.25) is 0 Å². The number of hydrogen-bond donors (Lipinski definition) is 0. The second-order valence-electron chi connectivity index (χ2n) is 17.4. The molecule has 0 amide bonds. The molecule has 7 rings (SSSR count). The van der Waals surface area contributed by atoms with Crippen LogP contribution >= 0.6 is 0 Å². The summed E-state index contributed by atoms with van der Waals surface area (Å²) in [5.41, 5.74) is -22.3. The molecule has 2 nitrogen and oxygen atoms in total. The van der Waals surface area contributed by atoms with Gasteiger partial charge in [0.1, 0.15) is 0 Å². The molecule has 5 aromatic carbocycles. The van der Waals surface area contributed by atoms with E-state index in [4.69, 9.17) is 49.3 Å². The molecule has 0 unspecified atom stereocenters. The molecule has 0 saturated heterocycles. The van der Waals surface area contributed by atoms with Gasteiger partial charge in [-0.3, -0.25) is 0 Å². The van der Waals surface area contributed by atoms with Crippen LogP contribution in [0, 0.1) is 6.92 Å². The third kappa shape index (κ3) is 7.46. The topological polar surface area (TPSA) is 6.48 Å². The molecular weight excluding hydrogens is 699 g/mol. The molecule has 0 radical (unpaired) electrons. The van der Waals surface area contributed by atoms with Crippen LogP contribution in [0.4, 0.5) is 34.1 Å². The van der Waals surface area contributed by atoms with Gasteiger partial charge in [-0.25, -0.2) is 0 Å². The van der Waals surface area contributed by atoms with Gasteiger partial charge in [-0.1, -0.05) is 160 Å². The molecule has 0 saturated carbocycles. The normalized spacial score (nSPS) is 26.5. The average Bonchev–Trinajstić information content (AvgIpc) is 0.685. The zero-order valence-corrected chi connectivity index (χ0v) is 33.6. The first-order valence-corrected chi connectivity index (χ1v) is 18.8. The Morgan fingerprint density at radius 1 is 0.379 bits per heavy atom. The highest BCUT2D eigenvalue weighted by Gasteiger charge is 2.44. The minimum absolute atomic E-state index is 0.00910. The molecule has 0 spiro atoms. The fraction of sp³-hybridized carbons (Fsp3) is 0.455. The van der Waals surface area contributed by atoms with Crippen molar-refractivity contribution in [3.63, 3.8) is 0 Å². The van der Waals surface area contributed by atoms with Crippen molar-refractivity contribution in [3.8, 4) is 0 Å². The Kier molecular flexibility index (Phi) is 3.77. The van der Waals surface area contributed by atoms with E-state index in [0.29, 0.717) is 6.07 Å². The van der Waals surface area contributed by atoms with Crippen LogP contribution in [0.3, 0.4) is 0 Å². The second kappa shape index (κ2) is 13.4. The summed E-state index contributed by atoms with van der Waals surface area (Å²) in [7, 11) is 0. The third-order valence-corrected chi connectivity index (χ3v) is 11.0. The van der Waals surface area contributed by atoms with Gasteiger partial charge in [0.2, 0.25) is 0 Å². The Labute approximate surface area is 404 Å². The number of benzene rings is 5. The third-order valence-electron chi connectivity index (χ3n) is 11.0. The predicted molar refractivity (Wildman–Crippen MR) is 257 cm³/mol. The van der Waals surface area contributed by atoms with Gasteiger partial charge in [-0.15, -0.1) is 0 Å². The maximum absolute atomic E-state index is 8.85. The van der Waals surface area contributed by atoms with Gasteiger partial charge < -0.3 is 9.80 Å². The van der Waals surface area contributed by atoms with Gasteiger partial charge >= 0.3 is 0 Å². The van der Waals surface area contributed by atoms with E-state index in [9.17, 15) is 0 Å². The molecule has 304 valence electrons. The van der Waals surface area contributed by atoms with Crippen LogP contribution < -0.4 is 26.2 Å². The van der Waals surface area contributed by atoms with Crippen LogP contribution in [-0.4, -0.2) is 6.71 Å². The van der Waals surface area contributed by atoms with Crippen LogP contribution in [0.1, 0.15) is 212 Å². The Bertz CT molecular complexity index is 3650. The molecule has 0 N–H and O–H groups in total. The van der Waals surface area contributed by atoms with Crippen LogP contribution in [0.25, 0.3) is 0 Å². The maximum atomic E-state index is 8.85. The van der Waals surface area contributed by atoms with Gasteiger partial charge in [0, 0.05) is 83.5 Å². The Balaban J connectivity index is 1.89. The minimum Gasteiger partial charge on any atom is -0.311 e. The van der Waals surface area contributed by atoms with Crippen molar-refractivity contribution in [2.75, 3.05) is 9.80 Å². The van der Waals surface area contributed by atoms with Gasteiger partial charge in [-0.2, -0.15) is 0 Å². The summed E-state index contributed by atoms with van der Waals surface area (Å²) in [6.45, 7) is -36.8. The molecule has 0 atom stereocenters. The standard InChI is InChI=1S/C55H71BN2/c1-34-24-47-49-48(25-34)58(42-30-39(54(14,15)16)27-40(31-42)55(17,18)19)46-33-36(51(5,6)7)21-23-44(46)56(49)43-22-20-35(50(2,3)4)32-45(43)57(47)41-28-37(52(8,9)10)26-38(29-41)53(11,12)13/h20-33H,1-19H3/i2D3,3D3,4D3,5D3,8D3,9D3,10D3,11D3,12D3,14D3,15D3,17D3. The molecule has 58 heavy (non-hydrogen) atoms. The molecule has 0 fully saturated rings. The minimum atomic E-state index is -4.14. The van der Waals surface area contributed by atoms with Crippen molar-refractivity contribution in [2.24, 2.45) is 0 Å². The average molecular weight is 807 g/mol. The lowest BCUT2D eigenvalue weighted by Crippen LogP contribution is -2.61. The van der Waals surface area contributed by atoms with Gasteiger partial charge in [0.05, 0.1) is 0 Å². The van der Waals surface area contributed by atoms with E-state index in [1.165, 1.54) is 82.0 Å². The van der Waals surface area contributed by atoms with Gasteiger partial charge in [0.15, 0.2) is 0 Å². The summed E-state index contributed by atoms with van der Waals surface area (Å²) >= 11 is 0. The van der Waals surface area contributed by atoms with Crippen molar-refractivity contribution in [3.05, 3.63) is 124 Å². The van der Waals surface area contributed by atoms with E-state index in [2.05, 4.69) is 0 Å². The molecule has 2 heterocycles. The second-order valence-corrected chi connectivity index (χ2v) is 17.4. The fourth-order valence-corrected chi connectivity index (χ4v) is 7.94. The quantitative estimate of drug-likeness (QED) is 0.161. The van der Waals surface area contributed by atoms with Crippen LogP contribution in [0.5, 0.6) is 0 Å². The van der Waals surface area contributed by atoms with Crippen LogP contribution in [-0.2, 0) is 32.5 Å². The van der Waals surface area contributed by atoms with Crippen molar-refractivity contribution < 1.29 is 49.3 Å². The molecule has 0 aromatic heterocycles. The van der Waals surface area contributed by atoms with E-state index in [-0.39, 0.29) is 55.8 Å². The zero-order chi connectivity index (χ0) is 72.9. The number of nitrogens with zero attached hydrogens (tertiary/aromatic N) is 2. The largest absolute Gasteiger partial charge is 0.311 e. The molecular formula is C55H71BN2. The van der Waals surface area contributed by atoms with Crippen molar-refractivity contribution >= 4 is 57.2 Å². The lowest BCUT2D eigenvalue weighted by molar-refractivity contribution is 0.568. The summed E-state index contributed by atoms with van der Waals surface area (Å²) in [4.78, 5) is 2.51. The van der Waals surface area contributed by atoms with E-state index >= 15 is 0 Å². The SMILES string of the molecule is [2H]C([2H])([2H])C(C)(C)c1cc(N2c3cc(C(C)(C)C([2H])([2H])[2H])ccc3B3c4ccc(C(C([2H])([2H])[2H])(C([2H])([2H])[2H])C([2H])([2H])[2H])cc4N(c4cc(C(C)(C([2H])([2H])[2H])C([2H])([2H])[2H])cc(C(C([2H])([2H])[2H])(C([2H])([2H])[2H])C([2H])([2H])[2H])c4)c4cc(C)cc2c43)cc(C(C)(C([2H])([2H])[2H])C([2H])([2H])[2H])c1. The maximum Gasteiger partial charge on any atom is 0.252 e. The monoisotopic (exact) mass is 807 g/mol. The van der Waals surface area contributed by atoms with E-state index in [1.54, 1.807) is 0 Å². The lowest BCUT2D eigenvalue weighted by atomic mass is 9.33. The summed E-state index contributed by atoms with van der Waals surface area (Å²) in [6, 6.07) is 16.1. The molecule has 0 aliphatic carbocycles. The van der Waals surface area contributed by atoms with Gasteiger partial charge in [0.25, 0.3) is 6.71 Å². The Morgan fingerprint density at radius 3 is 1.14 bits per heavy atom. The number of rotatable bonds is 2. The number of aryl methyl sites for hydroxylation is 1. The van der Waals surface area contributed by atoms with E-state index in [1.807, 2.05) is 0 Å². The highest BCUT2D eigenvalue weighted by molar-refractivity contribution is 7.00. The molecule has 5 aromatic rings. The lowest BCUT2D eigenvalue weighted by Gasteiger charge is -2.45. The molecule has 0 bridgehead atoms. The molecule has 2 aliphatic rings. The number of hydrogen-bond acceptors (Lipinski definition) is 2. The Morgan fingerprint density at radius 2 is 0.724 bits per heavy atom. The first-order chi connectivity index (χ1) is 41.4. The summed E-state index contributed by atoms with van der Waals surface area (Å²) < 4.78 is 317. The first-order valence-electron chi connectivity index (χ1n) is 36.8. The first kappa shape index (κ1) is 16.3. The highest BCUT2D eigenvalue weighted by atomic mass is 15.2. The van der Waals surface area contributed by atoms with Crippen molar-refractivity contribution in [1.82, 2.24) is 0 Å². The summed E-state index contributed by atoms with van der Waals surface area (Å²) in [5.74, 6) is 0. The highest BCUT2D eigenvalue weighted by Crippen LogP contribution is 2.48. The zero-order valence-electron chi connectivity index (χ0n) is 69.6. The number of anilines is 6. The van der Waals surface area contributed by atoms with Crippen LogP contribution in [0.15, 0.2) is 84.9 Å². The smallest absolute Gasteiger partial charge is 0.252 e. The fourth-order valence-electron chi connectivity index (χ4n) is 7.94. The summed E-state index contributed by atoms with van der Waals surface area (Å²) in [5, 5.41) is 0. The molecule has 3 heteroatoms. The molecule has 2 aliphatic heterocycles. The Hall–Kier alpha value is -4.24. The van der Waals surface area contributed by atoms with Gasteiger partial charge in [-0.05, 0) is 143 Å². The van der Waals surface area contributed by atoms with Crippen molar-refractivity contribution in [1.29, 1.82) is 0 Å². The van der Waals surface area contributed by atoms with E-state index < -0.39 is 155 Å². The van der Waals surface area contributed by atoms with E-state index in [0.717, 1.165) is 55.1 Å². The van der Waals surface area contributed by atoms with Crippen molar-refractivity contribution in [2.45, 2.75) is 163 Å². The predicted octanol–water partition coefficient (Wildman–Crippen LogP) is 13.9. The summed E-state index contributed by atoms with van der Waals surface area (Å²) in [6.07, 6.45) is 0.